The lowest BCUT2D eigenvalue weighted by molar-refractivity contribution is 0.0950. The molecule has 3 rings (SSSR count). The van der Waals surface area contributed by atoms with Crippen molar-refractivity contribution in [2.45, 2.75) is 6.92 Å². The molecule has 0 atom stereocenters. The van der Waals surface area contributed by atoms with Crippen LogP contribution in [0.15, 0.2) is 30.5 Å². The second-order valence-electron chi connectivity index (χ2n) is 5.66. The quantitative estimate of drug-likeness (QED) is 0.752. The lowest BCUT2D eigenvalue weighted by Gasteiger charge is -2.28. The average molecular weight is 342 g/mol. The Balaban J connectivity index is 1.51. The molecule has 1 aliphatic rings. The van der Waals surface area contributed by atoms with Crippen LogP contribution < -0.4 is 15.5 Å². The summed E-state index contributed by atoms with van der Waals surface area (Å²) in [7, 11) is 0. The topological polar surface area (TPSA) is 92.3 Å². The Labute approximate surface area is 146 Å². The van der Waals surface area contributed by atoms with Crippen LogP contribution in [0.2, 0.25) is 0 Å². The molecule has 1 fully saturated rings. The van der Waals surface area contributed by atoms with Gasteiger partial charge in [-0.15, -0.1) is 0 Å². The van der Waals surface area contributed by atoms with Crippen molar-refractivity contribution in [2.24, 2.45) is 0 Å². The molecule has 1 amide bonds. The summed E-state index contributed by atoms with van der Waals surface area (Å²) in [6.07, 6.45) is 1.60. The Bertz CT molecular complexity index is 704. The molecule has 0 bridgehead atoms. The van der Waals surface area contributed by atoms with Crippen LogP contribution in [0.1, 0.15) is 16.3 Å². The van der Waals surface area contributed by atoms with Gasteiger partial charge >= 0.3 is 0 Å². The van der Waals surface area contributed by atoms with Gasteiger partial charge in [0, 0.05) is 38.4 Å². The highest BCUT2D eigenvalue weighted by Gasteiger charge is 2.14. The van der Waals surface area contributed by atoms with Gasteiger partial charge < -0.3 is 20.3 Å². The SMILES string of the molecule is Cc1nc(NCCNC(=O)c2ccccn2)cc(N2CCOCC2)n1. The number of ether oxygens (including phenoxy) is 1. The van der Waals surface area contributed by atoms with Crippen molar-refractivity contribution >= 4 is 17.5 Å². The fourth-order valence-corrected chi connectivity index (χ4v) is 2.55. The predicted octanol–water partition coefficient (Wildman–Crippen LogP) is 0.859. The second kappa shape index (κ2) is 8.39. The fourth-order valence-electron chi connectivity index (χ4n) is 2.55. The first-order valence-electron chi connectivity index (χ1n) is 8.34. The minimum atomic E-state index is -0.185. The van der Waals surface area contributed by atoms with Crippen molar-refractivity contribution in [3.8, 4) is 0 Å². The summed E-state index contributed by atoms with van der Waals surface area (Å²) in [6, 6.07) is 7.18. The molecule has 0 spiro atoms. The van der Waals surface area contributed by atoms with Gasteiger partial charge in [0.25, 0.3) is 5.91 Å². The van der Waals surface area contributed by atoms with E-state index in [4.69, 9.17) is 4.74 Å². The molecule has 2 aromatic heterocycles. The minimum Gasteiger partial charge on any atom is -0.378 e. The maximum Gasteiger partial charge on any atom is 0.269 e. The van der Waals surface area contributed by atoms with Crippen LogP contribution >= 0.6 is 0 Å². The first-order chi connectivity index (χ1) is 12.2. The van der Waals surface area contributed by atoms with Gasteiger partial charge in [-0.3, -0.25) is 9.78 Å². The van der Waals surface area contributed by atoms with Crippen LogP contribution in [0.5, 0.6) is 0 Å². The van der Waals surface area contributed by atoms with E-state index in [-0.39, 0.29) is 5.91 Å². The van der Waals surface area contributed by atoms with E-state index >= 15 is 0 Å². The van der Waals surface area contributed by atoms with Gasteiger partial charge in [0.15, 0.2) is 0 Å². The van der Waals surface area contributed by atoms with E-state index in [0.29, 0.717) is 37.8 Å². The lowest BCUT2D eigenvalue weighted by atomic mass is 10.3. The van der Waals surface area contributed by atoms with Crippen LogP contribution in [-0.2, 0) is 4.74 Å². The zero-order chi connectivity index (χ0) is 17.5. The van der Waals surface area contributed by atoms with Gasteiger partial charge in [-0.25, -0.2) is 9.97 Å². The highest BCUT2D eigenvalue weighted by molar-refractivity contribution is 5.92. The highest BCUT2D eigenvalue weighted by Crippen LogP contribution is 2.16. The third-order valence-electron chi connectivity index (χ3n) is 3.77. The Morgan fingerprint density at radius 2 is 2.08 bits per heavy atom. The number of carbonyl (C=O) groups is 1. The molecule has 3 heterocycles. The van der Waals surface area contributed by atoms with E-state index in [1.807, 2.05) is 13.0 Å². The van der Waals surface area contributed by atoms with Gasteiger partial charge in [0.05, 0.1) is 13.2 Å². The molecular weight excluding hydrogens is 320 g/mol. The number of nitrogens with zero attached hydrogens (tertiary/aromatic N) is 4. The largest absolute Gasteiger partial charge is 0.378 e. The van der Waals surface area contributed by atoms with Gasteiger partial charge in [0.2, 0.25) is 0 Å². The zero-order valence-electron chi connectivity index (χ0n) is 14.2. The predicted molar refractivity (Wildman–Crippen MR) is 94.9 cm³/mol. The fraction of sp³-hybridized carbons (Fsp3) is 0.412. The maximum atomic E-state index is 11.9. The summed E-state index contributed by atoms with van der Waals surface area (Å²) in [6.45, 7) is 6.00. The first kappa shape index (κ1) is 17.1. The number of nitrogens with one attached hydrogen (secondary N) is 2. The maximum absolute atomic E-state index is 11.9. The number of pyridine rings is 1. The van der Waals surface area contributed by atoms with E-state index in [1.54, 1.807) is 24.4 Å². The number of amides is 1. The van der Waals surface area contributed by atoms with E-state index in [1.165, 1.54) is 0 Å². The van der Waals surface area contributed by atoms with Crippen molar-refractivity contribution in [1.29, 1.82) is 0 Å². The van der Waals surface area contributed by atoms with E-state index in [0.717, 1.165) is 24.7 Å². The molecule has 0 saturated carbocycles. The molecule has 8 nitrogen and oxygen atoms in total. The van der Waals surface area contributed by atoms with E-state index in [2.05, 4.69) is 30.5 Å². The molecule has 2 N–H and O–H groups in total. The number of carbonyl (C=O) groups excluding carboxylic acids is 1. The molecule has 0 radical (unpaired) electrons. The molecule has 25 heavy (non-hydrogen) atoms. The zero-order valence-corrected chi connectivity index (χ0v) is 14.2. The van der Waals surface area contributed by atoms with Crippen LogP contribution in [0.3, 0.4) is 0 Å². The molecule has 0 aliphatic carbocycles. The normalized spacial score (nSPS) is 14.2. The minimum absolute atomic E-state index is 0.185. The van der Waals surface area contributed by atoms with Crippen LogP contribution in [0.4, 0.5) is 11.6 Å². The molecule has 8 heteroatoms. The Hall–Kier alpha value is -2.74. The molecule has 0 unspecified atom stereocenters. The molecular formula is C17H22N6O2. The van der Waals surface area contributed by atoms with Crippen molar-refractivity contribution in [1.82, 2.24) is 20.3 Å². The van der Waals surface area contributed by atoms with E-state index in [9.17, 15) is 4.79 Å². The third-order valence-corrected chi connectivity index (χ3v) is 3.77. The summed E-state index contributed by atoms with van der Waals surface area (Å²) in [5.74, 6) is 2.18. The number of anilines is 2. The summed E-state index contributed by atoms with van der Waals surface area (Å²) in [5, 5.41) is 6.06. The molecule has 1 aliphatic heterocycles. The monoisotopic (exact) mass is 342 g/mol. The van der Waals surface area contributed by atoms with Gasteiger partial charge in [-0.2, -0.15) is 0 Å². The average Bonchev–Trinajstić information content (AvgIpc) is 2.66. The van der Waals surface area contributed by atoms with Gasteiger partial charge in [-0.1, -0.05) is 6.07 Å². The summed E-state index contributed by atoms with van der Waals surface area (Å²) < 4.78 is 5.37. The second-order valence-corrected chi connectivity index (χ2v) is 5.66. The van der Waals surface area contributed by atoms with Crippen molar-refractivity contribution in [2.75, 3.05) is 49.6 Å². The summed E-state index contributed by atoms with van der Waals surface area (Å²) in [4.78, 5) is 27.0. The summed E-state index contributed by atoms with van der Waals surface area (Å²) in [5.41, 5.74) is 0.412. The van der Waals surface area contributed by atoms with Crippen molar-refractivity contribution < 1.29 is 9.53 Å². The number of rotatable bonds is 6. The first-order valence-corrected chi connectivity index (χ1v) is 8.34. The molecule has 132 valence electrons. The number of hydrogen-bond acceptors (Lipinski definition) is 7. The Morgan fingerprint density at radius 3 is 2.84 bits per heavy atom. The number of hydrogen-bond donors (Lipinski definition) is 2. The van der Waals surface area contributed by atoms with Crippen molar-refractivity contribution in [3.05, 3.63) is 42.0 Å². The van der Waals surface area contributed by atoms with Crippen LogP contribution in [0.25, 0.3) is 0 Å². The highest BCUT2D eigenvalue weighted by atomic mass is 16.5. The third kappa shape index (κ3) is 4.87. The van der Waals surface area contributed by atoms with E-state index < -0.39 is 0 Å². The Kier molecular flexibility index (Phi) is 5.73. The van der Waals surface area contributed by atoms with Gasteiger partial charge in [-0.05, 0) is 19.1 Å². The van der Waals surface area contributed by atoms with Crippen LogP contribution in [-0.4, -0.2) is 60.3 Å². The molecule has 0 aromatic carbocycles. The molecule has 1 saturated heterocycles. The van der Waals surface area contributed by atoms with Gasteiger partial charge in [0.1, 0.15) is 23.2 Å². The number of morpholine rings is 1. The van der Waals surface area contributed by atoms with Crippen LogP contribution in [0, 0.1) is 6.92 Å². The molecule has 2 aromatic rings. The lowest BCUT2D eigenvalue weighted by Crippen LogP contribution is -2.37. The number of aryl methyl sites for hydroxylation is 1. The van der Waals surface area contributed by atoms with Crippen molar-refractivity contribution in [3.63, 3.8) is 0 Å². The Morgan fingerprint density at radius 1 is 1.24 bits per heavy atom. The smallest absolute Gasteiger partial charge is 0.269 e. The summed E-state index contributed by atoms with van der Waals surface area (Å²) >= 11 is 0. The standard InChI is InChI=1S/C17H22N6O2/c1-13-21-15(12-16(22-13)23-8-10-25-11-9-23)19-6-7-20-17(24)14-4-2-3-5-18-14/h2-5,12H,6-11H2,1H3,(H,20,24)(H,19,21,22). The number of aromatic nitrogens is 3.